The highest BCUT2D eigenvalue weighted by Crippen LogP contribution is 2.33. The number of carboxylic acids is 1. The molecule has 0 atom stereocenters. The maximum atomic E-state index is 12.4. The zero-order chi connectivity index (χ0) is 24.2. The van der Waals surface area contributed by atoms with E-state index in [-0.39, 0.29) is 25.0 Å². The summed E-state index contributed by atoms with van der Waals surface area (Å²) in [5, 5.41) is 14.7. The van der Waals surface area contributed by atoms with E-state index in [1.54, 1.807) is 4.90 Å². The number of hydrogen-bond donors (Lipinski definition) is 3. The van der Waals surface area contributed by atoms with Crippen molar-refractivity contribution in [1.82, 2.24) is 20.2 Å². The number of hydrogen-bond acceptors (Lipinski definition) is 8. The third-order valence-corrected chi connectivity index (χ3v) is 6.03. The SMILES string of the molecule is CCc1cc2c(N3CCN(C(=O)OC(C)(C)C)CC3)nc(NC(=O)NCCC(=O)O)nc2s1. The summed E-state index contributed by atoms with van der Waals surface area (Å²) in [7, 11) is 0. The lowest BCUT2D eigenvalue weighted by Gasteiger charge is -2.36. The maximum absolute atomic E-state index is 12.4. The van der Waals surface area contributed by atoms with E-state index < -0.39 is 17.6 Å². The molecule has 1 aliphatic rings. The van der Waals surface area contributed by atoms with Crippen molar-refractivity contribution < 1.29 is 24.2 Å². The largest absolute Gasteiger partial charge is 0.481 e. The van der Waals surface area contributed by atoms with Crippen LogP contribution in [0.3, 0.4) is 0 Å². The number of fused-ring (bicyclic) bond motifs is 1. The first-order chi connectivity index (χ1) is 15.6. The predicted octanol–water partition coefficient (Wildman–Crippen LogP) is 2.91. The molecule has 11 nitrogen and oxygen atoms in total. The molecule has 0 spiro atoms. The molecule has 1 fully saturated rings. The average molecular weight is 479 g/mol. The van der Waals surface area contributed by atoms with Gasteiger partial charge in [0.05, 0.1) is 11.8 Å². The second-order valence-corrected chi connectivity index (χ2v) is 9.75. The number of carbonyl (C=O) groups excluding carboxylic acids is 2. The van der Waals surface area contributed by atoms with Crippen LogP contribution in [0, 0.1) is 0 Å². The van der Waals surface area contributed by atoms with Gasteiger partial charge in [-0.3, -0.25) is 10.1 Å². The highest BCUT2D eigenvalue weighted by molar-refractivity contribution is 7.18. The zero-order valence-electron chi connectivity index (χ0n) is 19.3. The molecule has 12 heteroatoms. The van der Waals surface area contributed by atoms with Crippen molar-refractivity contribution in [1.29, 1.82) is 0 Å². The van der Waals surface area contributed by atoms with Crippen LogP contribution < -0.4 is 15.5 Å². The van der Waals surface area contributed by atoms with Crippen molar-refractivity contribution in [3.63, 3.8) is 0 Å². The second kappa shape index (κ2) is 10.2. The molecular weight excluding hydrogens is 448 g/mol. The Kier molecular flexibility index (Phi) is 7.57. The van der Waals surface area contributed by atoms with E-state index in [4.69, 9.17) is 9.84 Å². The number of anilines is 2. The summed E-state index contributed by atoms with van der Waals surface area (Å²) in [4.78, 5) is 49.9. The number of nitrogens with one attached hydrogen (secondary N) is 2. The molecule has 0 radical (unpaired) electrons. The Morgan fingerprint density at radius 1 is 1.18 bits per heavy atom. The molecule has 1 aliphatic heterocycles. The highest BCUT2D eigenvalue weighted by Gasteiger charge is 2.28. The Morgan fingerprint density at radius 3 is 2.48 bits per heavy atom. The molecule has 3 amide bonds. The Bertz CT molecular complexity index is 1030. The van der Waals surface area contributed by atoms with Crippen LogP contribution in [0.15, 0.2) is 6.07 Å². The first-order valence-corrected chi connectivity index (χ1v) is 11.7. The maximum Gasteiger partial charge on any atom is 0.410 e. The Balaban J connectivity index is 1.76. The quantitative estimate of drug-likeness (QED) is 0.576. The summed E-state index contributed by atoms with van der Waals surface area (Å²) >= 11 is 1.54. The summed E-state index contributed by atoms with van der Waals surface area (Å²) in [5.41, 5.74) is -0.550. The predicted molar refractivity (Wildman–Crippen MR) is 126 cm³/mol. The number of aromatic nitrogens is 2. The number of amides is 3. The van der Waals surface area contributed by atoms with E-state index in [0.717, 1.165) is 21.5 Å². The van der Waals surface area contributed by atoms with Crippen molar-refractivity contribution in [2.75, 3.05) is 42.9 Å². The van der Waals surface area contributed by atoms with Crippen LogP contribution in [0.2, 0.25) is 0 Å². The van der Waals surface area contributed by atoms with Gasteiger partial charge in [-0.2, -0.15) is 4.98 Å². The van der Waals surface area contributed by atoms with Gasteiger partial charge in [0, 0.05) is 37.6 Å². The molecule has 0 saturated carbocycles. The molecule has 3 N–H and O–H groups in total. The van der Waals surface area contributed by atoms with Crippen molar-refractivity contribution >= 4 is 51.4 Å². The fourth-order valence-corrected chi connectivity index (χ4v) is 4.25. The Hall–Kier alpha value is -3.15. The summed E-state index contributed by atoms with van der Waals surface area (Å²) in [6, 6.07) is 1.50. The molecule has 3 rings (SSSR count). The monoisotopic (exact) mass is 478 g/mol. The van der Waals surface area contributed by atoms with Crippen LogP contribution in [0.4, 0.5) is 21.4 Å². The van der Waals surface area contributed by atoms with Crippen molar-refractivity contribution in [2.45, 2.75) is 46.1 Å². The number of piperazine rings is 1. The Labute approximate surface area is 196 Å². The number of nitrogens with zero attached hydrogens (tertiary/aromatic N) is 4. The minimum absolute atomic E-state index is 0.00186. The van der Waals surface area contributed by atoms with Crippen LogP contribution in [-0.4, -0.2) is 76.4 Å². The molecule has 3 heterocycles. The van der Waals surface area contributed by atoms with Gasteiger partial charge in [-0.25, -0.2) is 14.6 Å². The molecule has 1 saturated heterocycles. The molecule has 2 aromatic rings. The molecule has 0 bridgehead atoms. The van der Waals surface area contributed by atoms with Gasteiger partial charge in [0.1, 0.15) is 16.2 Å². The molecule has 2 aromatic heterocycles. The number of ether oxygens (including phenoxy) is 1. The number of aliphatic carboxylic acids is 1. The van der Waals surface area contributed by atoms with E-state index in [2.05, 4.69) is 38.5 Å². The van der Waals surface area contributed by atoms with Gasteiger partial charge >= 0.3 is 18.1 Å². The summed E-state index contributed by atoms with van der Waals surface area (Å²) in [6.07, 6.45) is 0.343. The fourth-order valence-electron chi connectivity index (χ4n) is 3.28. The lowest BCUT2D eigenvalue weighted by atomic mass is 10.2. The van der Waals surface area contributed by atoms with E-state index in [0.29, 0.717) is 32.0 Å². The van der Waals surface area contributed by atoms with Crippen LogP contribution in [0.25, 0.3) is 10.2 Å². The highest BCUT2D eigenvalue weighted by atomic mass is 32.1. The number of urea groups is 1. The molecule has 33 heavy (non-hydrogen) atoms. The van der Waals surface area contributed by atoms with Gasteiger partial charge in [-0.05, 0) is 33.3 Å². The zero-order valence-corrected chi connectivity index (χ0v) is 20.1. The van der Waals surface area contributed by atoms with Crippen LogP contribution in [-0.2, 0) is 16.0 Å². The van der Waals surface area contributed by atoms with Gasteiger partial charge in [-0.1, -0.05) is 6.92 Å². The van der Waals surface area contributed by atoms with E-state index >= 15 is 0 Å². The van der Waals surface area contributed by atoms with Crippen LogP contribution >= 0.6 is 11.3 Å². The molecule has 0 aliphatic carbocycles. The third-order valence-electron chi connectivity index (χ3n) is 4.85. The number of aryl methyl sites for hydroxylation is 1. The molecular formula is C21H30N6O5S. The van der Waals surface area contributed by atoms with E-state index in [1.807, 2.05) is 20.8 Å². The normalized spacial score (nSPS) is 14.3. The molecule has 0 aromatic carbocycles. The van der Waals surface area contributed by atoms with E-state index in [1.165, 1.54) is 11.3 Å². The molecule has 180 valence electrons. The van der Waals surface area contributed by atoms with Crippen molar-refractivity contribution in [3.05, 3.63) is 10.9 Å². The first-order valence-electron chi connectivity index (χ1n) is 10.9. The Morgan fingerprint density at radius 2 is 1.88 bits per heavy atom. The summed E-state index contributed by atoms with van der Waals surface area (Å²) < 4.78 is 5.47. The minimum Gasteiger partial charge on any atom is -0.481 e. The summed E-state index contributed by atoms with van der Waals surface area (Å²) in [6.45, 7) is 9.69. The van der Waals surface area contributed by atoms with E-state index in [9.17, 15) is 14.4 Å². The number of carboxylic acid groups (broad SMARTS) is 1. The van der Waals surface area contributed by atoms with Crippen molar-refractivity contribution in [2.24, 2.45) is 0 Å². The number of carbonyl (C=O) groups is 3. The smallest absolute Gasteiger partial charge is 0.410 e. The first kappa shape index (κ1) is 24.5. The number of rotatable bonds is 6. The van der Waals surface area contributed by atoms with Crippen LogP contribution in [0.5, 0.6) is 0 Å². The third kappa shape index (κ3) is 6.67. The topological polar surface area (TPSA) is 137 Å². The number of thiophene rings is 1. The lowest BCUT2D eigenvalue weighted by molar-refractivity contribution is -0.136. The molecule has 0 unspecified atom stereocenters. The van der Waals surface area contributed by atoms with Gasteiger partial charge in [0.2, 0.25) is 5.95 Å². The van der Waals surface area contributed by atoms with Gasteiger partial charge in [0.15, 0.2) is 0 Å². The standard InChI is InChI=1S/C21H30N6O5S/c1-5-13-12-14-16(26-8-10-27(11-9-26)20(31)32-21(2,3)4)23-18(24-17(14)33-13)25-19(30)22-7-6-15(28)29/h12H,5-11H2,1-4H3,(H,28,29)(H2,22,23,24,25,30). The van der Waals surface area contributed by atoms with Crippen LogP contribution in [0.1, 0.15) is 39.0 Å². The van der Waals surface area contributed by atoms with Gasteiger partial charge in [-0.15, -0.1) is 11.3 Å². The summed E-state index contributed by atoms with van der Waals surface area (Å²) in [5.74, 6) is -0.156. The van der Waals surface area contributed by atoms with Crippen molar-refractivity contribution in [3.8, 4) is 0 Å². The van der Waals surface area contributed by atoms with Gasteiger partial charge in [0.25, 0.3) is 0 Å². The minimum atomic E-state index is -0.994. The second-order valence-electron chi connectivity index (χ2n) is 8.63. The lowest BCUT2D eigenvalue weighted by Crippen LogP contribution is -2.50. The van der Waals surface area contributed by atoms with Gasteiger partial charge < -0.3 is 25.0 Å². The average Bonchev–Trinajstić information content (AvgIpc) is 3.15. The fraction of sp³-hybridized carbons (Fsp3) is 0.571.